The first-order chi connectivity index (χ1) is 9.25. The molecule has 2 amide bonds. The Balaban J connectivity index is 1.61. The molecule has 1 N–H and O–H groups in total. The molecule has 1 aromatic rings. The van der Waals surface area contributed by atoms with Crippen LogP contribution in [-0.2, 0) is 6.42 Å². The molecule has 0 saturated carbocycles. The molecular formula is C15H22N3O. The molecule has 1 fully saturated rings. The van der Waals surface area contributed by atoms with Crippen molar-refractivity contribution in [3.8, 4) is 0 Å². The Labute approximate surface area is 115 Å². The largest absolute Gasteiger partial charge is 0.333 e. The normalized spacial score (nSPS) is 16.4. The molecule has 0 bridgehead atoms. The van der Waals surface area contributed by atoms with Crippen molar-refractivity contribution in [1.29, 1.82) is 0 Å². The van der Waals surface area contributed by atoms with Crippen LogP contribution in [0.3, 0.4) is 0 Å². The number of piperazine rings is 1. The summed E-state index contributed by atoms with van der Waals surface area (Å²) in [5.74, 6) is 0. The van der Waals surface area contributed by atoms with Crippen LogP contribution in [0.15, 0.2) is 30.3 Å². The predicted molar refractivity (Wildman–Crippen MR) is 76.7 cm³/mol. The number of carbonyl (C=O) groups excluding carboxylic acids is 1. The number of rotatable bonds is 4. The van der Waals surface area contributed by atoms with Crippen molar-refractivity contribution in [2.24, 2.45) is 0 Å². The first-order valence-corrected chi connectivity index (χ1v) is 6.85. The number of hydrogen-bond donors (Lipinski definition) is 1. The van der Waals surface area contributed by atoms with Crippen molar-refractivity contribution < 1.29 is 4.79 Å². The molecular weight excluding hydrogens is 238 g/mol. The van der Waals surface area contributed by atoms with Gasteiger partial charge in [-0.3, -0.25) is 0 Å². The quantitative estimate of drug-likeness (QED) is 0.837. The average Bonchev–Trinajstić information content (AvgIpc) is 2.45. The number of aryl methyl sites for hydroxylation is 1. The summed E-state index contributed by atoms with van der Waals surface area (Å²) in [5.41, 5.74) is 1.30. The van der Waals surface area contributed by atoms with Crippen LogP contribution >= 0.6 is 0 Å². The standard InChI is InChI=1S/C15H22N3O/c1-17-10-12-18(13-11-17)15(19)16-9-5-8-14-6-3-2-4-7-14/h2-4,6-7,9H,5,8,10-13H2,1H3,(H,16,19). The topological polar surface area (TPSA) is 35.6 Å². The van der Waals surface area contributed by atoms with Crippen molar-refractivity contribution in [2.45, 2.75) is 12.8 Å². The molecule has 1 aromatic carbocycles. The van der Waals surface area contributed by atoms with Gasteiger partial charge in [0.25, 0.3) is 0 Å². The maximum atomic E-state index is 11.9. The Morgan fingerprint density at radius 1 is 1.21 bits per heavy atom. The van der Waals surface area contributed by atoms with Gasteiger partial charge in [-0.25, -0.2) is 4.79 Å². The highest BCUT2D eigenvalue weighted by Crippen LogP contribution is 2.04. The van der Waals surface area contributed by atoms with Crippen LogP contribution in [0.1, 0.15) is 12.0 Å². The second kappa shape index (κ2) is 7.14. The van der Waals surface area contributed by atoms with E-state index in [0.29, 0.717) is 0 Å². The molecule has 1 saturated heterocycles. The van der Waals surface area contributed by atoms with E-state index in [9.17, 15) is 4.79 Å². The lowest BCUT2D eigenvalue weighted by atomic mass is 10.1. The summed E-state index contributed by atoms with van der Waals surface area (Å²) in [6.45, 7) is 5.41. The molecule has 4 nitrogen and oxygen atoms in total. The first-order valence-electron chi connectivity index (χ1n) is 6.85. The summed E-state index contributed by atoms with van der Waals surface area (Å²) in [5, 5.41) is 2.88. The lowest BCUT2D eigenvalue weighted by Gasteiger charge is -2.32. The minimum absolute atomic E-state index is 0.0289. The Hall–Kier alpha value is -1.55. The average molecular weight is 260 g/mol. The van der Waals surface area contributed by atoms with Crippen molar-refractivity contribution >= 4 is 6.03 Å². The van der Waals surface area contributed by atoms with Gasteiger partial charge in [0, 0.05) is 26.2 Å². The van der Waals surface area contributed by atoms with Gasteiger partial charge < -0.3 is 15.1 Å². The van der Waals surface area contributed by atoms with Gasteiger partial charge in [-0.15, -0.1) is 0 Å². The number of likely N-dealkylation sites (N-methyl/N-ethyl adjacent to an activating group) is 1. The maximum Gasteiger partial charge on any atom is 0.317 e. The van der Waals surface area contributed by atoms with E-state index in [1.165, 1.54) is 5.56 Å². The van der Waals surface area contributed by atoms with E-state index in [1.54, 1.807) is 0 Å². The summed E-state index contributed by atoms with van der Waals surface area (Å²) < 4.78 is 0. The van der Waals surface area contributed by atoms with Crippen LogP contribution in [0.2, 0.25) is 0 Å². The van der Waals surface area contributed by atoms with Crippen LogP contribution < -0.4 is 5.32 Å². The van der Waals surface area contributed by atoms with E-state index < -0.39 is 0 Å². The third kappa shape index (κ3) is 4.56. The monoisotopic (exact) mass is 260 g/mol. The Morgan fingerprint density at radius 3 is 2.58 bits per heavy atom. The summed E-state index contributed by atoms with van der Waals surface area (Å²) in [6.07, 6.45) is 1.83. The fourth-order valence-electron chi connectivity index (χ4n) is 2.14. The van der Waals surface area contributed by atoms with Crippen LogP contribution in [0.5, 0.6) is 0 Å². The van der Waals surface area contributed by atoms with Crippen molar-refractivity contribution in [2.75, 3.05) is 33.2 Å². The zero-order valence-electron chi connectivity index (χ0n) is 11.5. The third-order valence-electron chi connectivity index (χ3n) is 3.44. The van der Waals surface area contributed by atoms with Crippen LogP contribution in [0.4, 0.5) is 4.79 Å². The number of nitrogens with one attached hydrogen (secondary N) is 1. The second-order valence-electron chi connectivity index (χ2n) is 4.97. The Kier molecular flexibility index (Phi) is 5.21. The molecule has 4 heteroatoms. The number of nitrogens with zero attached hydrogens (tertiary/aromatic N) is 2. The fraction of sp³-hybridized carbons (Fsp3) is 0.467. The highest BCUT2D eigenvalue weighted by molar-refractivity contribution is 5.74. The van der Waals surface area contributed by atoms with Gasteiger partial charge in [-0.1, -0.05) is 30.3 Å². The number of urea groups is 1. The molecule has 1 aliphatic rings. The van der Waals surface area contributed by atoms with Gasteiger partial charge >= 0.3 is 6.03 Å². The number of amides is 2. The molecule has 2 rings (SSSR count). The van der Waals surface area contributed by atoms with Gasteiger partial charge in [0.2, 0.25) is 0 Å². The van der Waals surface area contributed by atoms with E-state index in [-0.39, 0.29) is 6.03 Å². The highest BCUT2D eigenvalue weighted by atomic mass is 16.2. The fourth-order valence-corrected chi connectivity index (χ4v) is 2.14. The van der Waals surface area contributed by atoms with Crippen molar-refractivity contribution in [1.82, 2.24) is 15.1 Å². The lowest BCUT2D eigenvalue weighted by molar-refractivity contribution is 0.156. The molecule has 0 aliphatic carbocycles. The molecule has 19 heavy (non-hydrogen) atoms. The second-order valence-corrected chi connectivity index (χ2v) is 4.97. The smallest absolute Gasteiger partial charge is 0.317 e. The van der Waals surface area contributed by atoms with E-state index in [4.69, 9.17) is 0 Å². The molecule has 1 heterocycles. The summed E-state index contributed by atoms with van der Waals surface area (Å²) in [6, 6.07) is 10.3. The van der Waals surface area contributed by atoms with Gasteiger partial charge in [0.05, 0.1) is 6.54 Å². The molecule has 1 aliphatic heterocycles. The summed E-state index contributed by atoms with van der Waals surface area (Å²) in [7, 11) is 2.08. The van der Waals surface area contributed by atoms with Gasteiger partial charge in [0.1, 0.15) is 0 Å². The maximum absolute atomic E-state index is 11.9. The molecule has 103 valence electrons. The SMILES string of the molecule is CN1CCN(C(=O)N[CH]CCc2ccccc2)CC1. The number of benzene rings is 1. The molecule has 0 spiro atoms. The molecule has 1 radical (unpaired) electrons. The predicted octanol–water partition coefficient (Wildman–Crippen LogP) is 1.74. The summed E-state index contributed by atoms with van der Waals surface area (Å²) >= 11 is 0. The van der Waals surface area contributed by atoms with E-state index in [0.717, 1.165) is 39.0 Å². The molecule has 0 atom stereocenters. The third-order valence-corrected chi connectivity index (χ3v) is 3.44. The minimum Gasteiger partial charge on any atom is -0.333 e. The van der Waals surface area contributed by atoms with Gasteiger partial charge in [-0.05, 0) is 25.5 Å². The van der Waals surface area contributed by atoms with E-state index in [2.05, 4.69) is 29.4 Å². The lowest BCUT2D eigenvalue weighted by Crippen LogP contribution is -2.50. The Bertz CT molecular complexity index is 386. The van der Waals surface area contributed by atoms with Crippen LogP contribution in [0, 0.1) is 6.54 Å². The molecule has 0 aromatic heterocycles. The number of hydrogen-bond acceptors (Lipinski definition) is 2. The number of carbonyl (C=O) groups is 1. The molecule has 0 unspecified atom stereocenters. The minimum atomic E-state index is 0.0289. The van der Waals surface area contributed by atoms with Crippen LogP contribution in [0.25, 0.3) is 0 Å². The van der Waals surface area contributed by atoms with Gasteiger partial charge in [0.15, 0.2) is 0 Å². The first kappa shape index (κ1) is 13.9. The van der Waals surface area contributed by atoms with E-state index in [1.807, 2.05) is 29.6 Å². The zero-order chi connectivity index (χ0) is 13.5. The summed E-state index contributed by atoms with van der Waals surface area (Å²) in [4.78, 5) is 16.0. The van der Waals surface area contributed by atoms with Gasteiger partial charge in [-0.2, -0.15) is 0 Å². The van der Waals surface area contributed by atoms with Crippen LogP contribution in [-0.4, -0.2) is 49.1 Å². The van der Waals surface area contributed by atoms with E-state index >= 15 is 0 Å². The van der Waals surface area contributed by atoms with Crippen molar-refractivity contribution in [3.05, 3.63) is 42.4 Å². The highest BCUT2D eigenvalue weighted by Gasteiger charge is 2.18. The Morgan fingerprint density at radius 2 is 1.89 bits per heavy atom. The zero-order valence-corrected chi connectivity index (χ0v) is 11.5. The van der Waals surface area contributed by atoms with Crippen molar-refractivity contribution in [3.63, 3.8) is 0 Å².